The fourth-order valence-corrected chi connectivity index (χ4v) is 0.902. The molecular weight excluding hydrogens is 128 g/mol. The van der Waals surface area contributed by atoms with Crippen molar-refractivity contribution in [1.29, 1.82) is 0 Å². The summed E-state index contributed by atoms with van der Waals surface area (Å²) >= 11 is 3.95. The van der Waals surface area contributed by atoms with E-state index in [4.69, 9.17) is 4.74 Å². The van der Waals surface area contributed by atoms with Crippen LogP contribution in [0, 0.1) is 0 Å². The van der Waals surface area contributed by atoms with Crippen LogP contribution in [0.25, 0.3) is 0 Å². The molecule has 0 aromatic heterocycles. The highest BCUT2D eigenvalue weighted by Crippen LogP contribution is 2.05. The van der Waals surface area contributed by atoms with Crippen LogP contribution in [-0.2, 0) is 4.74 Å². The zero-order valence-electron chi connectivity index (χ0n) is 4.39. The van der Waals surface area contributed by atoms with Gasteiger partial charge in [0.2, 0.25) is 0 Å². The van der Waals surface area contributed by atoms with E-state index in [1.165, 1.54) is 0 Å². The topological polar surface area (TPSA) is 9.23 Å². The summed E-state index contributed by atoms with van der Waals surface area (Å²) in [4.78, 5) is 0. The van der Waals surface area contributed by atoms with E-state index in [1.807, 2.05) is 0 Å². The molecule has 0 N–H and O–H groups in total. The molecule has 0 aromatic rings. The summed E-state index contributed by atoms with van der Waals surface area (Å²) in [6.07, 6.45) is 1.10. The van der Waals surface area contributed by atoms with Gasteiger partial charge in [0.1, 0.15) is 0 Å². The molecule has 0 aliphatic rings. The van der Waals surface area contributed by atoms with Crippen molar-refractivity contribution in [3.63, 3.8) is 0 Å². The van der Waals surface area contributed by atoms with Gasteiger partial charge in [-0.2, -0.15) is 0 Å². The van der Waals surface area contributed by atoms with Gasteiger partial charge < -0.3 is 4.74 Å². The van der Waals surface area contributed by atoms with E-state index in [0.717, 1.165) is 18.8 Å². The third kappa shape index (κ3) is 6.66. The van der Waals surface area contributed by atoms with Gasteiger partial charge in [0, 0.05) is 19.5 Å². The Hall–Kier alpha value is 0.660. The standard InChI is InChI=1S/C4H10OS2/c1-5-3-2-4-7-6/h6H,2-4H2,1H3. The monoisotopic (exact) mass is 138 g/mol. The van der Waals surface area contributed by atoms with E-state index < -0.39 is 0 Å². The number of thiol groups is 1. The Morgan fingerprint density at radius 1 is 1.71 bits per heavy atom. The highest BCUT2D eigenvalue weighted by molar-refractivity contribution is 8.68. The van der Waals surface area contributed by atoms with E-state index in [9.17, 15) is 0 Å². The second kappa shape index (κ2) is 6.66. The normalized spacial score (nSPS) is 9.43. The molecule has 44 valence electrons. The molecule has 0 fully saturated rings. The van der Waals surface area contributed by atoms with Crippen molar-refractivity contribution in [3.8, 4) is 0 Å². The minimum absolute atomic E-state index is 0.855. The van der Waals surface area contributed by atoms with Crippen molar-refractivity contribution in [2.75, 3.05) is 19.5 Å². The number of rotatable bonds is 4. The van der Waals surface area contributed by atoms with Crippen molar-refractivity contribution in [1.82, 2.24) is 0 Å². The Bertz CT molecular complexity index is 28.9. The summed E-state index contributed by atoms with van der Waals surface area (Å²) in [5.74, 6) is 1.08. The fraction of sp³-hybridized carbons (Fsp3) is 1.00. The quantitative estimate of drug-likeness (QED) is 0.359. The molecule has 0 aliphatic heterocycles. The lowest BCUT2D eigenvalue weighted by molar-refractivity contribution is 0.200. The lowest BCUT2D eigenvalue weighted by Crippen LogP contribution is -1.87. The summed E-state index contributed by atoms with van der Waals surface area (Å²) < 4.78 is 4.80. The SMILES string of the molecule is COCCCSS. The van der Waals surface area contributed by atoms with Crippen molar-refractivity contribution in [2.45, 2.75) is 6.42 Å². The molecular formula is C4H10OS2. The summed E-state index contributed by atoms with van der Waals surface area (Å²) in [7, 11) is 3.27. The van der Waals surface area contributed by atoms with Gasteiger partial charge >= 0.3 is 0 Å². The predicted molar refractivity (Wildman–Crippen MR) is 37.9 cm³/mol. The van der Waals surface area contributed by atoms with Gasteiger partial charge in [-0.25, -0.2) is 0 Å². The fourth-order valence-electron chi connectivity index (χ4n) is 0.268. The first kappa shape index (κ1) is 7.66. The molecule has 0 aliphatic carbocycles. The Kier molecular flexibility index (Phi) is 7.29. The largest absolute Gasteiger partial charge is 0.385 e. The second-order valence-corrected chi connectivity index (χ2v) is 2.62. The first-order valence-electron chi connectivity index (χ1n) is 2.17. The Morgan fingerprint density at radius 2 is 2.43 bits per heavy atom. The van der Waals surface area contributed by atoms with Crippen LogP contribution in [0.3, 0.4) is 0 Å². The summed E-state index contributed by atoms with van der Waals surface area (Å²) in [6, 6.07) is 0. The van der Waals surface area contributed by atoms with Crippen LogP contribution in [0.4, 0.5) is 0 Å². The molecule has 0 atom stereocenters. The smallest absolute Gasteiger partial charge is 0.0470 e. The molecule has 0 unspecified atom stereocenters. The second-order valence-electron chi connectivity index (χ2n) is 1.18. The van der Waals surface area contributed by atoms with Crippen LogP contribution >= 0.6 is 22.5 Å². The first-order valence-corrected chi connectivity index (χ1v) is 4.21. The molecule has 0 saturated carbocycles. The molecule has 1 nitrogen and oxygen atoms in total. The van der Waals surface area contributed by atoms with E-state index in [0.29, 0.717) is 0 Å². The van der Waals surface area contributed by atoms with Gasteiger partial charge in [0.05, 0.1) is 0 Å². The zero-order valence-corrected chi connectivity index (χ0v) is 6.10. The average Bonchev–Trinajstić information content (AvgIpc) is 1.69. The van der Waals surface area contributed by atoms with Crippen molar-refractivity contribution in [2.24, 2.45) is 0 Å². The van der Waals surface area contributed by atoms with Crippen LogP contribution in [-0.4, -0.2) is 19.5 Å². The molecule has 0 spiro atoms. The van der Waals surface area contributed by atoms with Crippen LogP contribution in [0.2, 0.25) is 0 Å². The molecule has 3 heteroatoms. The number of ether oxygens (including phenoxy) is 1. The van der Waals surface area contributed by atoms with Crippen LogP contribution in [0.1, 0.15) is 6.42 Å². The van der Waals surface area contributed by atoms with Crippen molar-refractivity contribution >= 4 is 22.5 Å². The van der Waals surface area contributed by atoms with Crippen LogP contribution in [0.15, 0.2) is 0 Å². The van der Waals surface area contributed by atoms with Crippen molar-refractivity contribution in [3.05, 3.63) is 0 Å². The molecule has 0 bridgehead atoms. The third-order valence-corrected chi connectivity index (χ3v) is 1.60. The van der Waals surface area contributed by atoms with Gasteiger partial charge in [-0.15, -0.1) is 11.7 Å². The summed E-state index contributed by atoms with van der Waals surface area (Å²) in [6.45, 7) is 0.855. The maximum Gasteiger partial charge on any atom is 0.0470 e. The predicted octanol–water partition coefficient (Wildman–Crippen LogP) is 1.60. The number of methoxy groups -OCH3 is 1. The van der Waals surface area contributed by atoms with E-state index in [-0.39, 0.29) is 0 Å². The van der Waals surface area contributed by atoms with Gasteiger partial charge in [0.25, 0.3) is 0 Å². The van der Waals surface area contributed by atoms with Gasteiger partial charge in [-0.1, -0.05) is 10.8 Å². The minimum Gasteiger partial charge on any atom is -0.385 e. The lowest BCUT2D eigenvalue weighted by atomic mass is 10.5. The van der Waals surface area contributed by atoms with E-state index >= 15 is 0 Å². The third-order valence-electron chi connectivity index (χ3n) is 0.584. The van der Waals surface area contributed by atoms with E-state index in [1.54, 1.807) is 17.9 Å². The first-order chi connectivity index (χ1) is 3.41. The van der Waals surface area contributed by atoms with Crippen LogP contribution < -0.4 is 0 Å². The van der Waals surface area contributed by atoms with Gasteiger partial charge in [-0.05, 0) is 6.42 Å². The molecule has 0 amide bonds. The highest BCUT2D eigenvalue weighted by atomic mass is 33.1. The van der Waals surface area contributed by atoms with Crippen molar-refractivity contribution < 1.29 is 4.74 Å². The zero-order chi connectivity index (χ0) is 5.54. The maximum atomic E-state index is 4.80. The Balaban J connectivity index is 2.45. The lowest BCUT2D eigenvalue weighted by Gasteiger charge is -1.92. The molecule has 0 heterocycles. The summed E-state index contributed by atoms with van der Waals surface area (Å²) in [5, 5.41) is 0. The van der Waals surface area contributed by atoms with Crippen LogP contribution in [0.5, 0.6) is 0 Å². The molecule has 0 radical (unpaired) electrons. The van der Waals surface area contributed by atoms with E-state index in [2.05, 4.69) is 11.7 Å². The molecule has 7 heavy (non-hydrogen) atoms. The number of hydrogen-bond donors (Lipinski definition) is 1. The number of hydrogen-bond acceptors (Lipinski definition) is 3. The molecule has 0 aromatic carbocycles. The average molecular weight is 138 g/mol. The minimum atomic E-state index is 0.855. The van der Waals surface area contributed by atoms with Gasteiger partial charge in [0.15, 0.2) is 0 Å². The Labute approximate surface area is 53.6 Å². The molecule has 0 rings (SSSR count). The van der Waals surface area contributed by atoms with Gasteiger partial charge in [-0.3, -0.25) is 0 Å². The Morgan fingerprint density at radius 3 is 2.86 bits per heavy atom. The molecule has 0 saturated heterocycles. The maximum absolute atomic E-state index is 4.80. The highest BCUT2D eigenvalue weighted by Gasteiger charge is 1.80. The summed E-state index contributed by atoms with van der Waals surface area (Å²) in [5.41, 5.74) is 0.